The molecular weight excluding hydrogens is 288 g/mol. The molecule has 0 bridgehead atoms. The highest BCUT2D eigenvalue weighted by atomic mass is 16.2. The molecule has 0 saturated carbocycles. The summed E-state index contributed by atoms with van der Waals surface area (Å²) in [5, 5.41) is 2.91. The standard InChI is InChI=1S/C19H22N2O2/c1-19(2)10-15-18(16(22)11-19)20-17(23)9-14-13-6-4-3-5-12(13)7-8-21(14)15/h3-6,14H,7-11H2,1-2H3,(H,20,23). The molecular formula is C19H22N2O2. The molecule has 2 heterocycles. The van der Waals surface area contributed by atoms with Gasteiger partial charge in [0, 0.05) is 18.7 Å². The van der Waals surface area contributed by atoms with Crippen LogP contribution >= 0.6 is 0 Å². The summed E-state index contributed by atoms with van der Waals surface area (Å²) >= 11 is 0. The van der Waals surface area contributed by atoms with Gasteiger partial charge < -0.3 is 10.2 Å². The Morgan fingerprint density at radius 3 is 2.78 bits per heavy atom. The van der Waals surface area contributed by atoms with Crippen LogP contribution in [-0.2, 0) is 16.0 Å². The van der Waals surface area contributed by atoms with Gasteiger partial charge in [0.05, 0.1) is 12.5 Å². The number of nitrogens with zero attached hydrogens (tertiary/aromatic N) is 1. The summed E-state index contributed by atoms with van der Waals surface area (Å²) in [7, 11) is 0. The Kier molecular flexibility index (Phi) is 3.12. The molecule has 1 amide bonds. The van der Waals surface area contributed by atoms with Crippen LogP contribution in [0.1, 0.15) is 50.3 Å². The maximum Gasteiger partial charge on any atom is 0.226 e. The predicted octanol–water partition coefficient (Wildman–Crippen LogP) is 2.71. The Morgan fingerprint density at radius 2 is 1.96 bits per heavy atom. The fourth-order valence-corrected chi connectivity index (χ4v) is 4.24. The van der Waals surface area contributed by atoms with Crippen LogP contribution in [0.15, 0.2) is 35.7 Å². The molecule has 1 aromatic carbocycles. The molecule has 1 unspecified atom stereocenters. The Hall–Kier alpha value is -2.10. The normalized spacial score (nSPS) is 26.0. The minimum absolute atomic E-state index is 0.0465. The SMILES string of the molecule is CC1(C)CC(=O)C2=C(C1)N1CCc3ccccc3C1CC(=O)N2. The second-order valence-electron chi connectivity index (χ2n) is 7.67. The zero-order valence-corrected chi connectivity index (χ0v) is 13.7. The van der Waals surface area contributed by atoms with E-state index in [1.807, 2.05) is 6.07 Å². The number of nitrogens with one attached hydrogen (secondary N) is 1. The first-order chi connectivity index (χ1) is 10.9. The van der Waals surface area contributed by atoms with Gasteiger partial charge in [-0.1, -0.05) is 38.1 Å². The highest BCUT2D eigenvalue weighted by molar-refractivity contribution is 6.01. The van der Waals surface area contributed by atoms with Crippen molar-refractivity contribution < 1.29 is 9.59 Å². The Labute approximate surface area is 136 Å². The van der Waals surface area contributed by atoms with Crippen molar-refractivity contribution in [3.05, 3.63) is 46.8 Å². The summed E-state index contributed by atoms with van der Waals surface area (Å²) in [4.78, 5) is 27.3. The minimum atomic E-state index is -0.0491. The number of carbonyl (C=O) groups excluding carboxylic acids is 2. The van der Waals surface area contributed by atoms with Gasteiger partial charge in [0.1, 0.15) is 5.70 Å². The van der Waals surface area contributed by atoms with Crippen molar-refractivity contribution >= 4 is 11.7 Å². The topological polar surface area (TPSA) is 49.4 Å². The van der Waals surface area contributed by atoms with Crippen molar-refractivity contribution in [3.8, 4) is 0 Å². The molecule has 1 atom stereocenters. The molecule has 0 spiro atoms. The Bertz CT molecular complexity index is 733. The molecule has 0 fully saturated rings. The lowest BCUT2D eigenvalue weighted by Crippen LogP contribution is -2.40. The molecule has 4 rings (SSSR count). The van der Waals surface area contributed by atoms with E-state index < -0.39 is 0 Å². The smallest absolute Gasteiger partial charge is 0.226 e. The molecule has 1 aromatic rings. The predicted molar refractivity (Wildman–Crippen MR) is 87.4 cm³/mol. The molecule has 23 heavy (non-hydrogen) atoms. The van der Waals surface area contributed by atoms with Gasteiger partial charge in [-0.2, -0.15) is 0 Å². The number of ketones is 1. The molecule has 3 aliphatic rings. The highest BCUT2D eigenvalue weighted by Crippen LogP contribution is 2.44. The molecule has 0 aromatic heterocycles. The molecule has 0 radical (unpaired) electrons. The van der Waals surface area contributed by atoms with Crippen molar-refractivity contribution in [2.75, 3.05) is 6.54 Å². The molecule has 1 N–H and O–H groups in total. The van der Waals surface area contributed by atoms with Crippen molar-refractivity contribution in [1.82, 2.24) is 10.2 Å². The third-order valence-corrected chi connectivity index (χ3v) is 5.25. The maximum absolute atomic E-state index is 12.6. The van der Waals surface area contributed by atoms with Crippen molar-refractivity contribution in [1.29, 1.82) is 0 Å². The van der Waals surface area contributed by atoms with Crippen molar-refractivity contribution in [3.63, 3.8) is 0 Å². The molecule has 2 aliphatic heterocycles. The van der Waals surface area contributed by atoms with E-state index in [0.29, 0.717) is 18.5 Å². The van der Waals surface area contributed by atoms with Crippen LogP contribution in [0.3, 0.4) is 0 Å². The first-order valence-corrected chi connectivity index (χ1v) is 8.35. The van der Waals surface area contributed by atoms with E-state index in [2.05, 4.69) is 42.3 Å². The first-order valence-electron chi connectivity index (χ1n) is 8.35. The average Bonchev–Trinajstić information content (AvgIpc) is 2.63. The van der Waals surface area contributed by atoms with Crippen LogP contribution < -0.4 is 5.32 Å². The number of rotatable bonds is 0. The van der Waals surface area contributed by atoms with Gasteiger partial charge in [-0.3, -0.25) is 9.59 Å². The van der Waals surface area contributed by atoms with Crippen LogP contribution in [-0.4, -0.2) is 23.1 Å². The Morgan fingerprint density at radius 1 is 1.17 bits per heavy atom. The van der Waals surface area contributed by atoms with Gasteiger partial charge in [0.25, 0.3) is 0 Å². The summed E-state index contributed by atoms with van der Waals surface area (Å²) in [6.45, 7) is 5.14. The number of carbonyl (C=O) groups is 2. The van der Waals surface area contributed by atoms with Crippen LogP contribution in [0.5, 0.6) is 0 Å². The zero-order chi connectivity index (χ0) is 16.2. The second-order valence-corrected chi connectivity index (χ2v) is 7.67. The monoisotopic (exact) mass is 310 g/mol. The molecule has 0 saturated heterocycles. The largest absolute Gasteiger partial charge is 0.365 e. The molecule has 4 heteroatoms. The summed E-state index contributed by atoms with van der Waals surface area (Å²) in [6.07, 6.45) is 2.72. The van der Waals surface area contributed by atoms with Gasteiger partial charge in [0.15, 0.2) is 5.78 Å². The number of hydrogen-bond acceptors (Lipinski definition) is 3. The van der Waals surface area contributed by atoms with E-state index in [1.54, 1.807) is 0 Å². The van der Waals surface area contributed by atoms with Crippen LogP contribution in [0, 0.1) is 5.41 Å². The summed E-state index contributed by atoms with van der Waals surface area (Å²) in [5.41, 5.74) is 4.10. The lowest BCUT2D eigenvalue weighted by atomic mass is 9.76. The van der Waals surface area contributed by atoms with Gasteiger partial charge in [-0.05, 0) is 29.4 Å². The van der Waals surface area contributed by atoms with E-state index in [-0.39, 0.29) is 23.1 Å². The van der Waals surface area contributed by atoms with E-state index in [9.17, 15) is 9.59 Å². The fourth-order valence-electron chi connectivity index (χ4n) is 4.24. The number of allylic oxidation sites excluding steroid dienone is 2. The van der Waals surface area contributed by atoms with E-state index in [1.165, 1.54) is 11.1 Å². The van der Waals surface area contributed by atoms with E-state index >= 15 is 0 Å². The summed E-state index contributed by atoms with van der Waals surface area (Å²) in [5.74, 6) is 0.0267. The second kappa shape index (κ2) is 4.95. The van der Waals surface area contributed by atoms with Gasteiger partial charge in [-0.25, -0.2) is 0 Å². The van der Waals surface area contributed by atoms with Crippen molar-refractivity contribution in [2.45, 2.75) is 45.6 Å². The number of fused-ring (bicyclic) bond motifs is 4. The summed E-state index contributed by atoms with van der Waals surface area (Å²) in [6, 6.07) is 8.43. The molecule has 4 nitrogen and oxygen atoms in total. The van der Waals surface area contributed by atoms with Crippen molar-refractivity contribution in [2.24, 2.45) is 5.41 Å². The fraction of sp³-hybridized carbons (Fsp3) is 0.474. The number of hydrogen-bond donors (Lipinski definition) is 1. The lowest BCUT2D eigenvalue weighted by Gasteiger charge is -2.43. The summed E-state index contributed by atoms with van der Waals surface area (Å²) < 4.78 is 0. The maximum atomic E-state index is 12.6. The first kappa shape index (κ1) is 14.5. The number of benzene rings is 1. The molecule has 1 aliphatic carbocycles. The average molecular weight is 310 g/mol. The van der Waals surface area contributed by atoms with E-state index in [4.69, 9.17) is 0 Å². The molecule has 120 valence electrons. The third kappa shape index (κ3) is 2.37. The number of amides is 1. The lowest BCUT2D eigenvalue weighted by molar-refractivity contribution is -0.124. The van der Waals surface area contributed by atoms with Gasteiger partial charge >= 0.3 is 0 Å². The van der Waals surface area contributed by atoms with E-state index in [0.717, 1.165) is 25.1 Å². The highest BCUT2D eigenvalue weighted by Gasteiger charge is 2.41. The Balaban J connectivity index is 1.84. The quantitative estimate of drug-likeness (QED) is 0.801. The third-order valence-electron chi connectivity index (χ3n) is 5.25. The zero-order valence-electron chi connectivity index (χ0n) is 13.7. The minimum Gasteiger partial charge on any atom is -0.365 e. The number of Topliss-reactive ketones (excluding diaryl/α,β-unsaturated/α-hetero) is 1. The van der Waals surface area contributed by atoms with Gasteiger partial charge in [0.2, 0.25) is 5.91 Å². The van der Waals surface area contributed by atoms with Gasteiger partial charge in [-0.15, -0.1) is 0 Å². The van der Waals surface area contributed by atoms with Crippen LogP contribution in [0.2, 0.25) is 0 Å². The van der Waals surface area contributed by atoms with Crippen LogP contribution in [0.4, 0.5) is 0 Å². The van der Waals surface area contributed by atoms with Crippen LogP contribution in [0.25, 0.3) is 0 Å².